The third-order valence-electron chi connectivity index (χ3n) is 2.96. The van der Waals surface area contributed by atoms with Gasteiger partial charge in [-0.1, -0.05) is 13.8 Å². The summed E-state index contributed by atoms with van der Waals surface area (Å²) in [4.78, 5) is 22.9. The summed E-state index contributed by atoms with van der Waals surface area (Å²) in [5.41, 5.74) is -3.57. The van der Waals surface area contributed by atoms with Crippen molar-refractivity contribution >= 4 is 17.6 Å². The summed E-state index contributed by atoms with van der Waals surface area (Å²) in [6.45, 7) is 3.23. The Hall–Kier alpha value is -2.46. The number of imide groups is 1. The van der Waals surface area contributed by atoms with Crippen molar-refractivity contribution in [2.24, 2.45) is 5.92 Å². The number of nitrogens with one attached hydrogen (secondary N) is 3. The van der Waals surface area contributed by atoms with Gasteiger partial charge in [-0.15, -0.1) is 0 Å². The molecule has 0 bridgehead atoms. The molecule has 0 saturated heterocycles. The SMILES string of the molecule is CC(C)CNC(=O)NC(=O)CNc1cc(C(F)(F)F)cc(C(F)(F)F)c1. The molecule has 1 aromatic rings. The average Bonchev–Trinajstić information content (AvgIpc) is 2.49. The molecule has 0 aromatic heterocycles. The summed E-state index contributed by atoms with van der Waals surface area (Å²) in [7, 11) is 0. The lowest BCUT2D eigenvalue weighted by Crippen LogP contribution is -2.43. The first-order valence-electron chi connectivity index (χ1n) is 7.40. The van der Waals surface area contributed by atoms with Gasteiger partial charge in [-0.05, 0) is 24.1 Å². The molecule has 0 heterocycles. The molecule has 0 unspecified atom stereocenters. The van der Waals surface area contributed by atoms with Gasteiger partial charge in [-0.3, -0.25) is 10.1 Å². The van der Waals surface area contributed by atoms with E-state index in [1.165, 1.54) is 0 Å². The van der Waals surface area contributed by atoms with Crippen LogP contribution in [0.2, 0.25) is 0 Å². The normalized spacial score (nSPS) is 12.0. The largest absolute Gasteiger partial charge is 0.416 e. The van der Waals surface area contributed by atoms with Crippen molar-refractivity contribution in [3.8, 4) is 0 Å². The predicted molar refractivity (Wildman–Crippen MR) is 81.3 cm³/mol. The van der Waals surface area contributed by atoms with Gasteiger partial charge >= 0.3 is 18.4 Å². The number of carbonyl (C=O) groups is 2. The Kier molecular flexibility index (Phi) is 6.87. The van der Waals surface area contributed by atoms with Crippen molar-refractivity contribution in [3.63, 3.8) is 0 Å². The van der Waals surface area contributed by atoms with Crippen LogP contribution in [0.1, 0.15) is 25.0 Å². The molecule has 5 nitrogen and oxygen atoms in total. The maximum absolute atomic E-state index is 12.7. The molecule has 0 aliphatic carbocycles. The zero-order chi connectivity index (χ0) is 20.1. The number of urea groups is 1. The van der Waals surface area contributed by atoms with E-state index in [0.29, 0.717) is 12.1 Å². The molecule has 3 amide bonds. The molecule has 146 valence electrons. The van der Waals surface area contributed by atoms with E-state index in [9.17, 15) is 35.9 Å². The second kappa shape index (κ2) is 8.28. The molecule has 1 rings (SSSR count). The highest BCUT2D eigenvalue weighted by Gasteiger charge is 2.36. The van der Waals surface area contributed by atoms with Gasteiger partial charge in [0.2, 0.25) is 5.91 Å². The molecule has 0 fully saturated rings. The first-order valence-corrected chi connectivity index (χ1v) is 7.40. The summed E-state index contributed by atoms with van der Waals surface area (Å²) in [5.74, 6) is -0.794. The summed E-state index contributed by atoms with van der Waals surface area (Å²) in [6, 6.07) is 0.0540. The van der Waals surface area contributed by atoms with Crippen LogP contribution < -0.4 is 16.0 Å². The second-order valence-corrected chi connectivity index (χ2v) is 5.80. The fourth-order valence-corrected chi connectivity index (χ4v) is 1.75. The van der Waals surface area contributed by atoms with Crippen LogP contribution in [-0.2, 0) is 17.1 Å². The predicted octanol–water partition coefficient (Wildman–Crippen LogP) is 3.62. The zero-order valence-electron chi connectivity index (χ0n) is 13.8. The highest BCUT2D eigenvalue weighted by Crippen LogP contribution is 2.37. The molecule has 1 aromatic carbocycles. The van der Waals surface area contributed by atoms with E-state index >= 15 is 0 Å². The minimum atomic E-state index is -4.99. The summed E-state index contributed by atoms with van der Waals surface area (Å²) < 4.78 is 76.4. The lowest BCUT2D eigenvalue weighted by atomic mass is 10.1. The number of carbonyl (C=O) groups excluding carboxylic acids is 2. The molecule has 0 atom stereocenters. The number of hydrogen-bond acceptors (Lipinski definition) is 3. The van der Waals surface area contributed by atoms with Gasteiger partial charge in [-0.2, -0.15) is 26.3 Å². The Labute approximate surface area is 145 Å². The molecule has 0 saturated carbocycles. The van der Waals surface area contributed by atoms with E-state index < -0.39 is 47.6 Å². The first-order chi connectivity index (χ1) is 11.8. The molecule has 0 radical (unpaired) electrons. The van der Waals surface area contributed by atoms with E-state index in [1.807, 2.05) is 19.2 Å². The standard InChI is InChI=1S/C15H17F6N3O2/c1-8(2)6-23-13(26)24-12(25)7-22-11-4-9(14(16,17)18)3-10(5-11)15(19,20)21/h3-5,8,22H,6-7H2,1-2H3,(H2,23,24,25,26). The number of benzene rings is 1. The Morgan fingerprint density at radius 2 is 1.46 bits per heavy atom. The molecule has 0 aliphatic rings. The van der Waals surface area contributed by atoms with Gasteiger partial charge in [0.25, 0.3) is 0 Å². The van der Waals surface area contributed by atoms with E-state index in [2.05, 4.69) is 10.6 Å². The van der Waals surface area contributed by atoms with Gasteiger partial charge in [0.15, 0.2) is 0 Å². The zero-order valence-corrected chi connectivity index (χ0v) is 13.8. The molecule has 0 aliphatic heterocycles. The highest BCUT2D eigenvalue weighted by molar-refractivity contribution is 5.96. The summed E-state index contributed by atoms with van der Waals surface area (Å²) in [5, 5.41) is 6.42. The maximum atomic E-state index is 12.7. The quantitative estimate of drug-likeness (QED) is 0.678. The van der Waals surface area contributed by atoms with Crippen LogP contribution in [-0.4, -0.2) is 25.0 Å². The third-order valence-corrected chi connectivity index (χ3v) is 2.96. The van der Waals surface area contributed by atoms with Crippen molar-refractivity contribution < 1.29 is 35.9 Å². The van der Waals surface area contributed by atoms with Gasteiger partial charge in [0.1, 0.15) is 0 Å². The molecular weight excluding hydrogens is 368 g/mol. The molecule has 3 N–H and O–H groups in total. The molecule has 26 heavy (non-hydrogen) atoms. The Balaban J connectivity index is 2.80. The number of rotatable bonds is 5. The lowest BCUT2D eigenvalue weighted by Gasteiger charge is -2.15. The number of alkyl halides is 6. The topological polar surface area (TPSA) is 70.2 Å². The number of halogens is 6. The summed E-state index contributed by atoms with van der Waals surface area (Å²) in [6.07, 6.45) is -9.98. The van der Waals surface area contributed by atoms with Crippen molar-refractivity contribution in [2.75, 3.05) is 18.4 Å². The van der Waals surface area contributed by atoms with Crippen LogP contribution in [0.4, 0.5) is 36.8 Å². The maximum Gasteiger partial charge on any atom is 0.416 e. The van der Waals surface area contributed by atoms with Crippen LogP contribution in [0, 0.1) is 5.92 Å². The highest BCUT2D eigenvalue weighted by atomic mass is 19.4. The van der Waals surface area contributed by atoms with Crippen molar-refractivity contribution in [2.45, 2.75) is 26.2 Å². The average molecular weight is 385 g/mol. The minimum absolute atomic E-state index is 0.0232. The van der Waals surface area contributed by atoms with Gasteiger partial charge < -0.3 is 10.6 Å². The van der Waals surface area contributed by atoms with Crippen LogP contribution in [0.15, 0.2) is 18.2 Å². The van der Waals surface area contributed by atoms with Gasteiger partial charge in [-0.25, -0.2) is 4.79 Å². The molecular formula is C15H17F6N3O2. The second-order valence-electron chi connectivity index (χ2n) is 5.80. The number of anilines is 1. The van der Waals surface area contributed by atoms with Gasteiger partial charge in [0.05, 0.1) is 17.7 Å². The van der Waals surface area contributed by atoms with Crippen molar-refractivity contribution in [3.05, 3.63) is 29.3 Å². The Morgan fingerprint density at radius 1 is 0.962 bits per heavy atom. The van der Waals surface area contributed by atoms with Crippen LogP contribution in [0.5, 0.6) is 0 Å². The molecule has 0 spiro atoms. The van der Waals surface area contributed by atoms with E-state index in [1.54, 1.807) is 0 Å². The number of hydrogen-bond donors (Lipinski definition) is 3. The number of amides is 3. The van der Waals surface area contributed by atoms with E-state index in [-0.39, 0.29) is 18.5 Å². The van der Waals surface area contributed by atoms with Gasteiger partial charge in [0, 0.05) is 12.2 Å². The smallest absolute Gasteiger partial charge is 0.376 e. The monoisotopic (exact) mass is 385 g/mol. The lowest BCUT2D eigenvalue weighted by molar-refractivity contribution is -0.143. The van der Waals surface area contributed by atoms with E-state index in [0.717, 1.165) is 0 Å². The van der Waals surface area contributed by atoms with Crippen molar-refractivity contribution in [1.29, 1.82) is 0 Å². The fourth-order valence-electron chi connectivity index (χ4n) is 1.75. The Morgan fingerprint density at radius 3 is 1.88 bits per heavy atom. The van der Waals surface area contributed by atoms with Crippen LogP contribution >= 0.6 is 0 Å². The fraction of sp³-hybridized carbons (Fsp3) is 0.467. The van der Waals surface area contributed by atoms with Crippen molar-refractivity contribution in [1.82, 2.24) is 10.6 Å². The first kappa shape index (κ1) is 21.6. The third kappa shape index (κ3) is 7.19. The molecule has 11 heteroatoms. The Bertz CT molecular complexity index is 624. The van der Waals surface area contributed by atoms with Crippen LogP contribution in [0.3, 0.4) is 0 Å². The minimum Gasteiger partial charge on any atom is -0.376 e. The summed E-state index contributed by atoms with van der Waals surface area (Å²) >= 11 is 0. The van der Waals surface area contributed by atoms with E-state index in [4.69, 9.17) is 0 Å². The van der Waals surface area contributed by atoms with Crippen LogP contribution in [0.25, 0.3) is 0 Å².